The molecule has 2 saturated heterocycles. The van der Waals surface area contributed by atoms with Crippen LogP contribution in [0, 0.1) is 37.0 Å². The molecule has 27 heavy (non-hydrogen) atoms. The number of nitriles is 1. The maximum absolute atomic E-state index is 12.8. The van der Waals surface area contributed by atoms with Crippen LogP contribution in [0.5, 0.6) is 0 Å². The van der Waals surface area contributed by atoms with Gasteiger partial charge in [0.15, 0.2) is 0 Å². The van der Waals surface area contributed by atoms with Gasteiger partial charge in [0.1, 0.15) is 11.9 Å². The zero-order chi connectivity index (χ0) is 19.6. The lowest BCUT2D eigenvalue weighted by Crippen LogP contribution is -2.43. The number of carbonyl (C=O) groups is 1. The molecule has 2 aliphatic heterocycles. The second-order valence-corrected chi connectivity index (χ2v) is 8.48. The van der Waals surface area contributed by atoms with Crippen LogP contribution in [-0.2, 0) is 16.1 Å². The van der Waals surface area contributed by atoms with Gasteiger partial charge in [-0.2, -0.15) is 5.26 Å². The minimum atomic E-state index is -0.0427. The van der Waals surface area contributed by atoms with Crippen molar-refractivity contribution >= 4 is 11.7 Å². The van der Waals surface area contributed by atoms with Crippen LogP contribution >= 0.6 is 0 Å². The molecule has 2 fully saturated rings. The van der Waals surface area contributed by atoms with Crippen molar-refractivity contribution in [3.8, 4) is 6.07 Å². The molecule has 0 aromatic carbocycles. The van der Waals surface area contributed by atoms with Crippen LogP contribution in [0.2, 0.25) is 0 Å². The van der Waals surface area contributed by atoms with E-state index in [1.54, 1.807) is 0 Å². The predicted molar refractivity (Wildman–Crippen MR) is 106 cm³/mol. The summed E-state index contributed by atoms with van der Waals surface area (Å²) in [4.78, 5) is 15.0. The molecule has 0 aliphatic carbocycles. The van der Waals surface area contributed by atoms with Crippen LogP contribution < -0.4 is 5.32 Å². The predicted octanol–water partition coefficient (Wildman–Crippen LogP) is 3.07. The average molecular weight is 373 g/mol. The van der Waals surface area contributed by atoms with Crippen LogP contribution in [0.3, 0.4) is 0 Å². The fourth-order valence-corrected chi connectivity index (χ4v) is 4.65. The maximum Gasteiger partial charge on any atom is 0.239 e. The van der Waals surface area contributed by atoms with E-state index in [1.807, 2.05) is 13.8 Å². The molecule has 0 unspecified atom stereocenters. The van der Waals surface area contributed by atoms with Gasteiger partial charge < -0.3 is 14.6 Å². The number of carbonyl (C=O) groups excluding carboxylic acids is 1. The van der Waals surface area contributed by atoms with Gasteiger partial charge >= 0.3 is 0 Å². The highest BCUT2D eigenvalue weighted by atomic mass is 16.5. The number of piperidine rings is 1. The van der Waals surface area contributed by atoms with E-state index in [4.69, 9.17) is 4.74 Å². The summed E-state index contributed by atoms with van der Waals surface area (Å²) < 4.78 is 7.83. The van der Waals surface area contributed by atoms with Gasteiger partial charge in [-0.25, -0.2) is 0 Å². The molecule has 3 heterocycles. The number of hydrogen-bond donors (Lipinski definition) is 1. The first-order chi connectivity index (χ1) is 12.9. The molecule has 3 rings (SSSR count). The molecule has 1 N–H and O–H groups in total. The summed E-state index contributed by atoms with van der Waals surface area (Å²) in [5.74, 6) is 1.82. The number of likely N-dealkylation sites (tertiary alicyclic amines) is 1. The van der Waals surface area contributed by atoms with Crippen LogP contribution in [0.1, 0.15) is 49.9 Å². The molecule has 1 aromatic heterocycles. The highest BCUT2D eigenvalue weighted by molar-refractivity contribution is 5.93. The number of nitrogens with one attached hydrogen (secondary N) is 1. The van der Waals surface area contributed by atoms with Crippen molar-refractivity contribution in [1.29, 1.82) is 5.26 Å². The summed E-state index contributed by atoms with van der Waals surface area (Å²) in [5, 5.41) is 12.7. The second-order valence-electron chi connectivity index (χ2n) is 8.48. The van der Waals surface area contributed by atoms with Crippen molar-refractivity contribution in [2.24, 2.45) is 11.8 Å². The lowest BCUT2D eigenvalue weighted by Gasteiger charge is -2.34. The molecule has 6 heteroatoms. The van der Waals surface area contributed by atoms with Gasteiger partial charge in [0.2, 0.25) is 5.91 Å². The normalized spacial score (nSPS) is 26.1. The van der Waals surface area contributed by atoms with E-state index in [2.05, 4.69) is 34.7 Å². The third kappa shape index (κ3) is 4.53. The Bertz CT molecular complexity index is 718. The summed E-state index contributed by atoms with van der Waals surface area (Å²) in [5.41, 5.74) is 2.53. The summed E-state index contributed by atoms with van der Waals surface area (Å²) in [6, 6.07) is 2.28. The third-order valence-corrected chi connectivity index (χ3v) is 5.92. The number of amides is 1. The van der Waals surface area contributed by atoms with E-state index in [1.165, 1.54) is 6.42 Å². The highest BCUT2D eigenvalue weighted by Gasteiger charge is 2.26. The summed E-state index contributed by atoms with van der Waals surface area (Å²) in [6.07, 6.45) is 3.47. The third-order valence-electron chi connectivity index (χ3n) is 5.92. The molecular weight excluding hydrogens is 340 g/mol. The minimum Gasteiger partial charge on any atom is -0.376 e. The van der Waals surface area contributed by atoms with E-state index in [0.29, 0.717) is 36.3 Å². The Morgan fingerprint density at radius 3 is 2.59 bits per heavy atom. The molecule has 6 nitrogen and oxygen atoms in total. The van der Waals surface area contributed by atoms with Gasteiger partial charge in [0.05, 0.1) is 24.8 Å². The first-order valence-corrected chi connectivity index (χ1v) is 10.1. The Morgan fingerprint density at radius 1 is 1.30 bits per heavy atom. The van der Waals surface area contributed by atoms with E-state index in [9.17, 15) is 10.1 Å². The van der Waals surface area contributed by atoms with Crippen LogP contribution in [-0.4, -0.2) is 47.7 Å². The van der Waals surface area contributed by atoms with E-state index in [-0.39, 0.29) is 12.0 Å². The number of hydrogen-bond acceptors (Lipinski definition) is 4. The molecular formula is C21H32N4O2. The van der Waals surface area contributed by atoms with Crippen LogP contribution in [0.15, 0.2) is 0 Å². The minimum absolute atomic E-state index is 0.0427. The molecule has 0 radical (unpaired) electrons. The lowest BCUT2D eigenvalue weighted by molar-refractivity contribution is -0.118. The first-order valence-electron chi connectivity index (χ1n) is 10.1. The topological polar surface area (TPSA) is 70.3 Å². The molecule has 1 aromatic rings. The van der Waals surface area contributed by atoms with Gasteiger partial charge in [-0.3, -0.25) is 9.69 Å². The molecule has 3 atom stereocenters. The average Bonchev–Trinajstić information content (AvgIpc) is 3.17. The smallest absolute Gasteiger partial charge is 0.239 e. The number of nitrogens with zero attached hydrogens (tertiary/aromatic N) is 3. The standard InChI is InChI=1S/C21H32N4O2/c1-14-8-15(2)11-24(10-14)13-20(26)23-21-19(9-22)16(3)17(4)25(21)12-18-6-5-7-27-18/h14-15,18H,5-8,10-13H2,1-4H3,(H,23,26)/t14-,15-,18-/m1/s1. The van der Waals surface area contributed by atoms with Crippen molar-refractivity contribution in [3.63, 3.8) is 0 Å². The van der Waals surface area contributed by atoms with E-state index in [0.717, 1.165) is 43.8 Å². The van der Waals surface area contributed by atoms with Crippen molar-refractivity contribution in [2.75, 3.05) is 31.6 Å². The monoisotopic (exact) mass is 372 g/mol. The number of ether oxygens (including phenoxy) is 1. The van der Waals surface area contributed by atoms with Gasteiger partial charge in [-0.15, -0.1) is 0 Å². The van der Waals surface area contributed by atoms with Crippen molar-refractivity contribution < 1.29 is 9.53 Å². The number of anilines is 1. The highest BCUT2D eigenvalue weighted by Crippen LogP contribution is 2.28. The van der Waals surface area contributed by atoms with Crippen molar-refractivity contribution in [2.45, 2.75) is 59.6 Å². The fourth-order valence-electron chi connectivity index (χ4n) is 4.65. The summed E-state index contributed by atoms with van der Waals surface area (Å²) >= 11 is 0. The molecule has 0 bridgehead atoms. The van der Waals surface area contributed by atoms with Gasteiger partial charge in [0.25, 0.3) is 0 Å². The largest absolute Gasteiger partial charge is 0.376 e. The zero-order valence-corrected chi connectivity index (χ0v) is 17.0. The molecule has 1 amide bonds. The lowest BCUT2D eigenvalue weighted by atomic mass is 9.92. The van der Waals surface area contributed by atoms with Crippen molar-refractivity contribution in [3.05, 3.63) is 16.8 Å². The Hall–Kier alpha value is -1.84. The Balaban J connectivity index is 1.75. The molecule has 0 spiro atoms. The Labute approximate surface area is 162 Å². The summed E-state index contributed by atoms with van der Waals surface area (Å²) in [7, 11) is 0. The Morgan fingerprint density at radius 2 is 2.00 bits per heavy atom. The molecule has 148 valence electrons. The second kappa shape index (κ2) is 8.45. The summed E-state index contributed by atoms with van der Waals surface area (Å²) in [6.45, 7) is 12.2. The fraction of sp³-hybridized carbons (Fsp3) is 0.714. The number of rotatable bonds is 5. The zero-order valence-electron chi connectivity index (χ0n) is 17.0. The first kappa shape index (κ1) is 19.9. The van der Waals surface area contributed by atoms with Crippen LogP contribution in [0.25, 0.3) is 0 Å². The number of aromatic nitrogens is 1. The van der Waals surface area contributed by atoms with E-state index >= 15 is 0 Å². The quantitative estimate of drug-likeness (QED) is 0.862. The molecule has 2 aliphatic rings. The van der Waals surface area contributed by atoms with Gasteiger partial charge in [-0.05, 0) is 50.5 Å². The SMILES string of the molecule is Cc1c(C#N)c(NC(=O)CN2C[C@H](C)C[C@@H](C)C2)n(C[C@H]2CCCO2)c1C. The van der Waals surface area contributed by atoms with Gasteiger partial charge in [0, 0.05) is 25.4 Å². The van der Waals surface area contributed by atoms with E-state index < -0.39 is 0 Å². The van der Waals surface area contributed by atoms with Gasteiger partial charge in [-0.1, -0.05) is 13.8 Å². The maximum atomic E-state index is 12.8. The van der Waals surface area contributed by atoms with Crippen molar-refractivity contribution in [1.82, 2.24) is 9.47 Å². The van der Waals surface area contributed by atoms with Crippen LogP contribution in [0.4, 0.5) is 5.82 Å². The molecule has 0 saturated carbocycles. The Kier molecular flexibility index (Phi) is 6.23.